The summed E-state index contributed by atoms with van der Waals surface area (Å²) in [6.07, 6.45) is 0. The van der Waals surface area contributed by atoms with Crippen molar-refractivity contribution in [3.63, 3.8) is 0 Å². The van der Waals surface area contributed by atoms with Gasteiger partial charge in [-0.15, -0.1) is 0 Å². The van der Waals surface area contributed by atoms with Crippen molar-refractivity contribution in [3.05, 3.63) is 34.6 Å². The predicted octanol–water partition coefficient (Wildman–Crippen LogP) is 2.08. The first-order valence-electron chi connectivity index (χ1n) is 4.55. The van der Waals surface area contributed by atoms with Crippen molar-refractivity contribution in [1.82, 2.24) is 0 Å². The molecule has 15 heavy (non-hydrogen) atoms. The van der Waals surface area contributed by atoms with Gasteiger partial charge in [-0.05, 0) is 19.1 Å². The van der Waals surface area contributed by atoms with Gasteiger partial charge >= 0.3 is 0 Å². The third-order valence-corrected chi connectivity index (χ3v) is 4.01. The van der Waals surface area contributed by atoms with E-state index < -0.39 is 16.6 Å². The van der Waals surface area contributed by atoms with Gasteiger partial charge in [0.15, 0.2) is 0 Å². The Morgan fingerprint density at radius 1 is 1.60 bits per heavy atom. The monoisotopic (exact) mass is 249 g/mol. The zero-order valence-electron chi connectivity index (χ0n) is 8.37. The van der Waals surface area contributed by atoms with E-state index in [2.05, 4.69) is 0 Å². The Morgan fingerprint density at radius 2 is 2.27 bits per heavy atom. The summed E-state index contributed by atoms with van der Waals surface area (Å²) in [5.74, 6) is -0.235. The first-order valence-corrected chi connectivity index (χ1v) is 6.31. The van der Waals surface area contributed by atoms with Crippen molar-refractivity contribution in [2.24, 2.45) is 5.73 Å². The molecule has 0 radical (unpaired) electrons. The molecule has 0 aromatic heterocycles. The highest BCUT2D eigenvalue weighted by Crippen LogP contribution is 2.16. The van der Waals surface area contributed by atoms with E-state index in [4.69, 9.17) is 17.3 Å². The van der Waals surface area contributed by atoms with E-state index in [1.807, 2.05) is 0 Å². The van der Waals surface area contributed by atoms with Crippen LogP contribution in [-0.4, -0.2) is 16.0 Å². The third kappa shape index (κ3) is 3.55. The normalized spacial score (nSPS) is 14.9. The van der Waals surface area contributed by atoms with Crippen LogP contribution in [0.3, 0.4) is 0 Å². The molecule has 0 heterocycles. The van der Waals surface area contributed by atoms with E-state index in [0.29, 0.717) is 17.1 Å². The molecule has 0 saturated carbocycles. The molecule has 1 aromatic rings. The lowest BCUT2D eigenvalue weighted by molar-refractivity contribution is 0.614. The minimum Gasteiger partial charge on any atom is -0.329 e. The maximum Gasteiger partial charge on any atom is 0.128 e. The standard InChI is InChI=1S/C10H13ClFNOS/c1-7(5-13)15(14)6-8-2-3-9(11)4-10(8)12/h2-4,7H,5-6,13H2,1H3. The minimum absolute atomic E-state index is 0.125. The van der Waals surface area contributed by atoms with Crippen LogP contribution in [0.5, 0.6) is 0 Å². The molecule has 5 heteroatoms. The highest BCUT2D eigenvalue weighted by Gasteiger charge is 2.12. The van der Waals surface area contributed by atoms with Gasteiger partial charge in [-0.25, -0.2) is 4.39 Å². The summed E-state index contributed by atoms with van der Waals surface area (Å²) in [6.45, 7) is 2.12. The molecule has 0 aliphatic heterocycles. The van der Waals surface area contributed by atoms with Gasteiger partial charge in [0.25, 0.3) is 0 Å². The molecule has 1 aromatic carbocycles. The SMILES string of the molecule is CC(CN)S(=O)Cc1ccc(Cl)cc1F. The number of hydrogen-bond donors (Lipinski definition) is 1. The van der Waals surface area contributed by atoms with Gasteiger partial charge in [0.05, 0.1) is 5.75 Å². The van der Waals surface area contributed by atoms with Crippen molar-refractivity contribution >= 4 is 22.4 Å². The van der Waals surface area contributed by atoms with Gasteiger partial charge in [0.1, 0.15) is 5.82 Å². The lowest BCUT2D eigenvalue weighted by atomic mass is 10.2. The summed E-state index contributed by atoms with van der Waals surface area (Å²) in [7, 11) is -1.14. The van der Waals surface area contributed by atoms with Crippen LogP contribution in [-0.2, 0) is 16.6 Å². The third-order valence-electron chi connectivity index (χ3n) is 2.09. The van der Waals surface area contributed by atoms with E-state index in [1.54, 1.807) is 19.1 Å². The summed E-state index contributed by atoms with van der Waals surface area (Å²) >= 11 is 5.61. The summed E-state index contributed by atoms with van der Waals surface area (Å²) in [4.78, 5) is 0. The Bertz CT molecular complexity index is 372. The van der Waals surface area contributed by atoms with E-state index in [1.165, 1.54) is 6.07 Å². The second-order valence-electron chi connectivity index (χ2n) is 3.31. The lowest BCUT2D eigenvalue weighted by Gasteiger charge is -2.09. The van der Waals surface area contributed by atoms with Crippen LogP contribution >= 0.6 is 11.6 Å². The van der Waals surface area contributed by atoms with Gasteiger partial charge in [-0.3, -0.25) is 4.21 Å². The molecule has 84 valence electrons. The maximum atomic E-state index is 13.3. The molecule has 2 atom stereocenters. The Hall–Kier alpha value is -0.450. The Kier molecular flexibility index (Phi) is 4.70. The number of hydrogen-bond acceptors (Lipinski definition) is 2. The molecule has 2 unspecified atom stereocenters. The summed E-state index contributed by atoms with van der Waals surface area (Å²) in [5, 5.41) is 0.217. The van der Waals surface area contributed by atoms with Crippen LogP contribution in [0.15, 0.2) is 18.2 Å². The summed E-state index contributed by atoms with van der Waals surface area (Å²) in [6, 6.07) is 4.37. The van der Waals surface area contributed by atoms with Gasteiger partial charge in [-0.1, -0.05) is 17.7 Å². The quantitative estimate of drug-likeness (QED) is 0.888. The first kappa shape index (κ1) is 12.6. The average molecular weight is 250 g/mol. The number of halogens is 2. The van der Waals surface area contributed by atoms with Crippen LogP contribution < -0.4 is 5.73 Å². The van der Waals surface area contributed by atoms with Crippen molar-refractivity contribution < 1.29 is 8.60 Å². The highest BCUT2D eigenvalue weighted by molar-refractivity contribution is 7.84. The molecule has 0 saturated heterocycles. The molecule has 0 fully saturated rings. The molecule has 0 aliphatic carbocycles. The summed E-state index contributed by atoms with van der Waals surface area (Å²) in [5.41, 5.74) is 5.80. The smallest absolute Gasteiger partial charge is 0.128 e. The number of rotatable bonds is 4. The fourth-order valence-electron chi connectivity index (χ4n) is 1.04. The predicted molar refractivity (Wildman–Crippen MR) is 61.8 cm³/mol. The zero-order valence-corrected chi connectivity index (χ0v) is 9.95. The second kappa shape index (κ2) is 5.58. The van der Waals surface area contributed by atoms with Crippen molar-refractivity contribution in [3.8, 4) is 0 Å². The Labute approximate surface area is 96.1 Å². The van der Waals surface area contributed by atoms with Crippen LogP contribution in [0, 0.1) is 5.82 Å². The second-order valence-corrected chi connectivity index (χ2v) is 5.60. The zero-order chi connectivity index (χ0) is 11.4. The molecule has 0 spiro atoms. The van der Waals surface area contributed by atoms with Crippen molar-refractivity contribution in [2.45, 2.75) is 17.9 Å². The van der Waals surface area contributed by atoms with Gasteiger partial charge in [0.2, 0.25) is 0 Å². The van der Waals surface area contributed by atoms with Crippen molar-refractivity contribution in [2.75, 3.05) is 6.54 Å². The van der Waals surface area contributed by atoms with E-state index >= 15 is 0 Å². The first-order chi connectivity index (χ1) is 7.04. The highest BCUT2D eigenvalue weighted by atomic mass is 35.5. The fourth-order valence-corrected chi connectivity index (χ4v) is 2.24. The molecule has 1 rings (SSSR count). The van der Waals surface area contributed by atoms with Crippen LogP contribution in [0.2, 0.25) is 5.02 Å². The van der Waals surface area contributed by atoms with E-state index in [9.17, 15) is 8.60 Å². The van der Waals surface area contributed by atoms with Crippen molar-refractivity contribution in [1.29, 1.82) is 0 Å². The molecular formula is C10H13ClFNOS. The maximum absolute atomic E-state index is 13.3. The van der Waals surface area contributed by atoms with E-state index in [0.717, 1.165) is 0 Å². The lowest BCUT2D eigenvalue weighted by Crippen LogP contribution is -2.23. The largest absolute Gasteiger partial charge is 0.329 e. The number of benzene rings is 1. The molecular weight excluding hydrogens is 237 g/mol. The van der Waals surface area contributed by atoms with Crippen LogP contribution in [0.25, 0.3) is 0 Å². The minimum atomic E-state index is -1.14. The van der Waals surface area contributed by atoms with Gasteiger partial charge in [-0.2, -0.15) is 0 Å². The number of nitrogens with two attached hydrogens (primary N) is 1. The molecule has 0 aliphatic rings. The molecule has 2 N–H and O–H groups in total. The average Bonchev–Trinajstić information content (AvgIpc) is 2.20. The van der Waals surface area contributed by atoms with Gasteiger partial charge in [0, 0.05) is 33.2 Å². The Morgan fingerprint density at radius 3 is 2.80 bits per heavy atom. The van der Waals surface area contributed by atoms with Crippen LogP contribution in [0.1, 0.15) is 12.5 Å². The summed E-state index contributed by atoms with van der Waals surface area (Å²) < 4.78 is 24.9. The fraction of sp³-hybridized carbons (Fsp3) is 0.400. The molecule has 2 nitrogen and oxygen atoms in total. The van der Waals surface area contributed by atoms with Gasteiger partial charge < -0.3 is 5.73 Å². The van der Waals surface area contributed by atoms with E-state index in [-0.39, 0.29) is 11.0 Å². The topological polar surface area (TPSA) is 43.1 Å². The van der Waals surface area contributed by atoms with Crippen LogP contribution in [0.4, 0.5) is 4.39 Å². The molecule has 0 bridgehead atoms. The molecule has 0 amide bonds. The Balaban J connectivity index is 2.77.